The lowest BCUT2D eigenvalue weighted by Crippen LogP contribution is -2.45. The van der Waals surface area contributed by atoms with Crippen molar-refractivity contribution in [3.05, 3.63) is 0 Å². The summed E-state index contributed by atoms with van der Waals surface area (Å²) in [5, 5.41) is 0. The summed E-state index contributed by atoms with van der Waals surface area (Å²) in [5.74, 6) is -2.45. The predicted molar refractivity (Wildman–Crippen MR) is 50.1 cm³/mol. The molecular weight excluding hydrogens is 172 g/mol. The second-order valence-electron chi connectivity index (χ2n) is 4.23. The predicted octanol–water partition coefficient (Wildman–Crippen LogP) is 2.91. The van der Waals surface area contributed by atoms with Crippen molar-refractivity contribution in [2.45, 2.75) is 51.5 Å². The quantitative estimate of drug-likeness (QED) is 0.663. The van der Waals surface area contributed by atoms with Gasteiger partial charge in [0.2, 0.25) is 0 Å². The molecule has 0 aromatic carbocycles. The molecule has 78 valence electrons. The molecule has 0 aromatic rings. The second-order valence-corrected chi connectivity index (χ2v) is 4.23. The Hall–Kier alpha value is -0.180. The van der Waals surface area contributed by atoms with Crippen molar-refractivity contribution < 1.29 is 8.78 Å². The standard InChI is InChI=1S/C10H19F2N/c1-4-9(3,5-2)13-7-6-10(11,12)8-13/h4-8H2,1-3H3. The molecule has 0 radical (unpaired) electrons. The van der Waals surface area contributed by atoms with Gasteiger partial charge >= 0.3 is 0 Å². The minimum Gasteiger partial charge on any atom is -0.292 e. The van der Waals surface area contributed by atoms with Crippen molar-refractivity contribution in [2.75, 3.05) is 13.1 Å². The molecule has 0 N–H and O–H groups in total. The molecule has 13 heavy (non-hydrogen) atoms. The fourth-order valence-corrected chi connectivity index (χ4v) is 1.89. The number of likely N-dealkylation sites (tertiary alicyclic amines) is 1. The number of halogens is 2. The molecule has 0 atom stereocenters. The highest BCUT2D eigenvalue weighted by molar-refractivity contribution is 4.92. The van der Waals surface area contributed by atoms with Crippen LogP contribution in [0.1, 0.15) is 40.0 Å². The van der Waals surface area contributed by atoms with Gasteiger partial charge in [0.15, 0.2) is 0 Å². The van der Waals surface area contributed by atoms with Gasteiger partial charge in [-0.15, -0.1) is 0 Å². The highest BCUT2D eigenvalue weighted by atomic mass is 19.3. The molecule has 1 fully saturated rings. The Morgan fingerprint density at radius 1 is 1.31 bits per heavy atom. The van der Waals surface area contributed by atoms with Crippen LogP contribution in [-0.2, 0) is 0 Å². The summed E-state index contributed by atoms with van der Waals surface area (Å²) in [7, 11) is 0. The molecule has 1 saturated heterocycles. The van der Waals surface area contributed by atoms with Crippen molar-refractivity contribution in [1.29, 1.82) is 0 Å². The minimum atomic E-state index is -2.45. The normalized spacial score (nSPS) is 23.8. The van der Waals surface area contributed by atoms with Crippen LogP contribution in [-0.4, -0.2) is 29.5 Å². The molecule has 1 aliphatic rings. The maximum absolute atomic E-state index is 13.0. The maximum atomic E-state index is 13.0. The van der Waals surface area contributed by atoms with Crippen LogP contribution in [0.15, 0.2) is 0 Å². The average Bonchev–Trinajstić information content (AvgIpc) is 2.45. The summed E-state index contributed by atoms with van der Waals surface area (Å²) in [6.45, 7) is 6.71. The van der Waals surface area contributed by atoms with Crippen LogP contribution in [0.25, 0.3) is 0 Å². The van der Waals surface area contributed by atoms with Gasteiger partial charge in [0.25, 0.3) is 5.92 Å². The zero-order valence-electron chi connectivity index (χ0n) is 8.74. The van der Waals surface area contributed by atoms with E-state index in [-0.39, 0.29) is 18.5 Å². The van der Waals surface area contributed by atoms with Crippen LogP contribution in [0, 0.1) is 0 Å². The van der Waals surface area contributed by atoms with Gasteiger partial charge in [0.05, 0.1) is 6.54 Å². The minimum absolute atomic E-state index is 0.0278. The number of alkyl halides is 2. The fraction of sp³-hybridized carbons (Fsp3) is 1.00. The highest BCUT2D eigenvalue weighted by Crippen LogP contribution is 2.34. The van der Waals surface area contributed by atoms with Crippen molar-refractivity contribution in [1.82, 2.24) is 4.90 Å². The molecular formula is C10H19F2N. The molecule has 0 aromatic heterocycles. The van der Waals surface area contributed by atoms with E-state index in [4.69, 9.17) is 0 Å². The first kappa shape index (κ1) is 10.9. The monoisotopic (exact) mass is 191 g/mol. The van der Waals surface area contributed by atoms with E-state index in [2.05, 4.69) is 20.8 Å². The van der Waals surface area contributed by atoms with E-state index in [1.54, 1.807) is 0 Å². The number of hydrogen-bond acceptors (Lipinski definition) is 1. The van der Waals surface area contributed by atoms with E-state index in [1.807, 2.05) is 4.90 Å². The van der Waals surface area contributed by atoms with Gasteiger partial charge in [0.1, 0.15) is 0 Å². The molecule has 1 nitrogen and oxygen atoms in total. The van der Waals surface area contributed by atoms with Crippen LogP contribution in [0.4, 0.5) is 8.78 Å². The topological polar surface area (TPSA) is 3.24 Å². The van der Waals surface area contributed by atoms with E-state index >= 15 is 0 Å². The summed E-state index contributed by atoms with van der Waals surface area (Å²) >= 11 is 0. The molecule has 3 heteroatoms. The first-order valence-corrected chi connectivity index (χ1v) is 5.06. The van der Waals surface area contributed by atoms with Crippen molar-refractivity contribution >= 4 is 0 Å². The third-order valence-corrected chi connectivity index (χ3v) is 3.46. The molecule has 0 spiro atoms. The van der Waals surface area contributed by atoms with Gasteiger partial charge in [-0.25, -0.2) is 8.78 Å². The summed E-state index contributed by atoms with van der Waals surface area (Å²) in [6, 6.07) is 0. The molecule has 1 rings (SSSR count). The molecule has 1 aliphatic heterocycles. The van der Waals surface area contributed by atoms with E-state index in [0.717, 1.165) is 12.8 Å². The van der Waals surface area contributed by atoms with Crippen LogP contribution in [0.5, 0.6) is 0 Å². The van der Waals surface area contributed by atoms with Crippen LogP contribution in [0.2, 0.25) is 0 Å². The zero-order chi connectivity index (χ0) is 10.1. The van der Waals surface area contributed by atoms with Gasteiger partial charge in [-0.3, -0.25) is 4.90 Å². The largest absolute Gasteiger partial charge is 0.292 e. The summed E-state index contributed by atoms with van der Waals surface area (Å²) in [4.78, 5) is 1.94. The number of hydrogen-bond donors (Lipinski definition) is 0. The SMILES string of the molecule is CCC(C)(CC)N1CCC(F)(F)C1. The van der Waals surface area contributed by atoms with Crippen molar-refractivity contribution in [3.63, 3.8) is 0 Å². The number of rotatable bonds is 3. The van der Waals surface area contributed by atoms with Gasteiger partial charge in [-0.05, 0) is 19.8 Å². The lowest BCUT2D eigenvalue weighted by molar-refractivity contribution is -0.00381. The summed E-state index contributed by atoms with van der Waals surface area (Å²) in [6.07, 6.45) is 1.92. The Balaban J connectivity index is 2.63. The summed E-state index contributed by atoms with van der Waals surface area (Å²) < 4.78 is 25.9. The molecule has 0 aliphatic carbocycles. The third kappa shape index (κ3) is 2.19. The van der Waals surface area contributed by atoms with Gasteiger partial charge in [0, 0.05) is 18.5 Å². The molecule has 0 amide bonds. The third-order valence-electron chi connectivity index (χ3n) is 3.46. The van der Waals surface area contributed by atoms with E-state index < -0.39 is 5.92 Å². The molecule has 0 unspecified atom stereocenters. The Bertz CT molecular complexity index is 176. The number of nitrogens with zero attached hydrogens (tertiary/aromatic N) is 1. The maximum Gasteiger partial charge on any atom is 0.261 e. The summed E-state index contributed by atoms with van der Waals surface area (Å²) in [5.41, 5.74) is -0.0278. The highest BCUT2D eigenvalue weighted by Gasteiger charge is 2.43. The van der Waals surface area contributed by atoms with Crippen LogP contribution >= 0.6 is 0 Å². The Morgan fingerprint density at radius 3 is 2.15 bits per heavy atom. The molecule has 0 saturated carbocycles. The van der Waals surface area contributed by atoms with Gasteiger partial charge < -0.3 is 0 Å². The van der Waals surface area contributed by atoms with E-state index in [1.165, 1.54) is 0 Å². The van der Waals surface area contributed by atoms with Crippen LogP contribution < -0.4 is 0 Å². The lowest BCUT2D eigenvalue weighted by Gasteiger charge is -2.37. The van der Waals surface area contributed by atoms with Crippen LogP contribution in [0.3, 0.4) is 0 Å². The van der Waals surface area contributed by atoms with E-state index in [9.17, 15) is 8.78 Å². The fourth-order valence-electron chi connectivity index (χ4n) is 1.89. The molecule has 1 heterocycles. The zero-order valence-corrected chi connectivity index (χ0v) is 8.74. The van der Waals surface area contributed by atoms with Gasteiger partial charge in [-0.2, -0.15) is 0 Å². The first-order valence-electron chi connectivity index (χ1n) is 5.06. The Morgan fingerprint density at radius 2 is 1.85 bits per heavy atom. The van der Waals surface area contributed by atoms with E-state index in [0.29, 0.717) is 6.54 Å². The van der Waals surface area contributed by atoms with Gasteiger partial charge in [-0.1, -0.05) is 13.8 Å². The molecule has 0 bridgehead atoms. The second kappa shape index (κ2) is 3.52. The van der Waals surface area contributed by atoms with Crippen molar-refractivity contribution in [3.8, 4) is 0 Å². The Labute approximate surface area is 79.1 Å². The smallest absolute Gasteiger partial charge is 0.261 e. The van der Waals surface area contributed by atoms with Crippen molar-refractivity contribution in [2.24, 2.45) is 0 Å². The lowest BCUT2D eigenvalue weighted by atomic mass is 9.94. The first-order chi connectivity index (χ1) is 5.93. The average molecular weight is 191 g/mol. The Kier molecular flexibility index (Phi) is 2.95.